The number of nitrogens with two attached hydrogens (primary N) is 1. The molecule has 0 aliphatic carbocycles. The number of benzene rings is 1. The van der Waals surface area contributed by atoms with Crippen LogP contribution in [-0.4, -0.2) is 11.0 Å². The van der Waals surface area contributed by atoms with Crippen LogP contribution in [0.3, 0.4) is 0 Å². The van der Waals surface area contributed by atoms with Gasteiger partial charge in [-0.15, -0.1) is 11.3 Å². The molecule has 0 aliphatic heterocycles. The summed E-state index contributed by atoms with van der Waals surface area (Å²) in [6.07, 6.45) is 5.83. The summed E-state index contributed by atoms with van der Waals surface area (Å²) in [4.78, 5) is 4.76. The third-order valence-corrected chi connectivity index (χ3v) is 4.96. The van der Waals surface area contributed by atoms with E-state index in [9.17, 15) is 0 Å². The number of unbranched alkanes of at least 4 members (excludes halogenated alkanes) is 1. The molecule has 1 aromatic heterocycles. The van der Waals surface area contributed by atoms with Gasteiger partial charge in [-0.05, 0) is 12.3 Å². The van der Waals surface area contributed by atoms with Gasteiger partial charge in [0.1, 0.15) is 0 Å². The average Bonchev–Trinajstić information content (AvgIpc) is 2.97. The van der Waals surface area contributed by atoms with E-state index in [1.807, 2.05) is 6.07 Å². The minimum absolute atomic E-state index is 0.233. The van der Waals surface area contributed by atoms with Crippen molar-refractivity contribution in [2.45, 2.75) is 52.0 Å². The van der Waals surface area contributed by atoms with Crippen LogP contribution in [0.4, 0.5) is 0 Å². The third kappa shape index (κ3) is 4.65. The van der Waals surface area contributed by atoms with E-state index in [1.165, 1.54) is 24.8 Å². The molecule has 1 aromatic carbocycles. The first-order valence-electron chi connectivity index (χ1n) is 8.00. The quantitative estimate of drug-likeness (QED) is 0.753. The number of rotatable bonds is 8. The maximum absolute atomic E-state index is 6.42. The SMILES string of the molecule is CCCCC(CC)C(N)Cc1nc(-c2ccccc2)cs1. The number of thiazole rings is 1. The molecule has 2 N–H and O–H groups in total. The van der Waals surface area contributed by atoms with Crippen molar-refractivity contribution >= 4 is 11.3 Å². The first-order chi connectivity index (χ1) is 10.2. The molecule has 2 rings (SSSR count). The molecule has 3 heteroatoms. The summed E-state index contributed by atoms with van der Waals surface area (Å²) >= 11 is 1.73. The van der Waals surface area contributed by atoms with Gasteiger partial charge < -0.3 is 5.73 Å². The Bertz CT molecular complexity index is 521. The Morgan fingerprint density at radius 1 is 1.19 bits per heavy atom. The minimum Gasteiger partial charge on any atom is -0.327 e. The lowest BCUT2D eigenvalue weighted by Gasteiger charge is -2.21. The van der Waals surface area contributed by atoms with Crippen molar-refractivity contribution in [3.05, 3.63) is 40.7 Å². The van der Waals surface area contributed by atoms with Gasteiger partial charge in [-0.2, -0.15) is 0 Å². The molecule has 1 heterocycles. The van der Waals surface area contributed by atoms with Crippen LogP contribution in [-0.2, 0) is 6.42 Å². The Morgan fingerprint density at radius 2 is 1.95 bits per heavy atom. The predicted octanol–water partition coefficient (Wildman–Crippen LogP) is 4.90. The van der Waals surface area contributed by atoms with E-state index in [4.69, 9.17) is 10.7 Å². The molecule has 2 unspecified atom stereocenters. The Hall–Kier alpha value is -1.19. The van der Waals surface area contributed by atoms with E-state index in [2.05, 4.69) is 43.5 Å². The van der Waals surface area contributed by atoms with Crippen LogP contribution in [0.25, 0.3) is 11.3 Å². The zero-order valence-electron chi connectivity index (χ0n) is 13.1. The molecule has 0 amide bonds. The Morgan fingerprint density at radius 3 is 2.62 bits per heavy atom. The number of hydrogen-bond acceptors (Lipinski definition) is 3. The molecule has 0 aliphatic rings. The van der Waals surface area contributed by atoms with E-state index in [0.717, 1.165) is 23.5 Å². The van der Waals surface area contributed by atoms with Crippen molar-refractivity contribution in [3.8, 4) is 11.3 Å². The molecule has 2 nitrogen and oxygen atoms in total. The topological polar surface area (TPSA) is 38.9 Å². The standard InChI is InChI=1S/C18H26N2S/c1-3-5-9-14(4-2)16(19)12-18-20-17(13-21-18)15-10-7-6-8-11-15/h6-8,10-11,13-14,16H,3-5,9,12,19H2,1-2H3. The molecule has 0 bridgehead atoms. The van der Waals surface area contributed by atoms with Crippen LogP contribution in [0.15, 0.2) is 35.7 Å². The van der Waals surface area contributed by atoms with Gasteiger partial charge in [0.2, 0.25) is 0 Å². The van der Waals surface area contributed by atoms with Gasteiger partial charge in [0.15, 0.2) is 0 Å². The molecule has 0 saturated carbocycles. The van der Waals surface area contributed by atoms with Crippen LogP contribution in [0.5, 0.6) is 0 Å². The maximum Gasteiger partial charge on any atom is 0.0948 e. The minimum atomic E-state index is 0.233. The van der Waals surface area contributed by atoms with E-state index < -0.39 is 0 Å². The van der Waals surface area contributed by atoms with Crippen molar-refractivity contribution < 1.29 is 0 Å². The first kappa shape index (κ1) is 16.2. The molecule has 2 aromatic rings. The van der Waals surface area contributed by atoms with Crippen LogP contribution in [0.2, 0.25) is 0 Å². The largest absolute Gasteiger partial charge is 0.327 e. The van der Waals surface area contributed by atoms with Gasteiger partial charge in [-0.25, -0.2) is 4.98 Å². The van der Waals surface area contributed by atoms with Gasteiger partial charge in [-0.1, -0.05) is 63.4 Å². The van der Waals surface area contributed by atoms with Gasteiger partial charge >= 0.3 is 0 Å². The van der Waals surface area contributed by atoms with Crippen LogP contribution < -0.4 is 5.73 Å². The smallest absolute Gasteiger partial charge is 0.0948 e. The number of aromatic nitrogens is 1. The van der Waals surface area contributed by atoms with Gasteiger partial charge in [-0.3, -0.25) is 0 Å². The van der Waals surface area contributed by atoms with E-state index >= 15 is 0 Å². The average molecular weight is 302 g/mol. The highest BCUT2D eigenvalue weighted by atomic mass is 32.1. The molecule has 0 radical (unpaired) electrons. The highest BCUT2D eigenvalue weighted by Gasteiger charge is 2.17. The second-order valence-electron chi connectivity index (χ2n) is 5.67. The highest BCUT2D eigenvalue weighted by Crippen LogP contribution is 2.24. The monoisotopic (exact) mass is 302 g/mol. The predicted molar refractivity (Wildman–Crippen MR) is 92.5 cm³/mol. The summed E-state index contributed by atoms with van der Waals surface area (Å²) in [5.41, 5.74) is 8.68. The van der Waals surface area contributed by atoms with Crippen molar-refractivity contribution in [3.63, 3.8) is 0 Å². The van der Waals surface area contributed by atoms with Crippen molar-refractivity contribution in [2.75, 3.05) is 0 Å². The second kappa shape index (κ2) is 8.30. The third-order valence-electron chi connectivity index (χ3n) is 4.09. The lowest BCUT2D eigenvalue weighted by molar-refractivity contribution is 0.368. The van der Waals surface area contributed by atoms with Gasteiger partial charge in [0.05, 0.1) is 10.7 Å². The maximum atomic E-state index is 6.42. The Balaban J connectivity index is 1.98. The van der Waals surface area contributed by atoms with E-state index in [0.29, 0.717) is 5.92 Å². The Labute approximate surface area is 132 Å². The fourth-order valence-electron chi connectivity index (χ4n) is 2.70. The summed E-state index contributed by atoms with van der Waals surface area (Å²) in [5.74, 6) is 0.619. The summed E-state index contributed by atoms with van der Waals surface area (Å²) in [5, 5.41) is 3.31. The van der Waals surface area contributed by atoms with Crippen LogP contribution in [0.1, 0.15) is 44.5 Å². The lowest BCUT2D eigenvalue weighted by atomic mass is 9.90. The molecular weight excluding hydrogens is 276 g/mol. The number of hydrogen-bond donors (Lipinski definition) is 1. The molecule has 21 heavy (non-hydrogen) atoms. The van der Waals surface area contributed by atoms with Crippen molar-refractivity contribution in [1.82, 2.24) is 4.98 Å². The second-order valence-corrected chi connectivity index (χ2v) is 6.61. The van der Waals surface area contributed by atoms with Gasteiger partial charge in [0, 0.05) is 23.4 Å². The Kier molecular flexibility index (Phi) is 6.40. The molecule has 0 saturated heterocycles. The van der Waals surface area contributed by atoms with E-state index in [-0.39, 0.29) is 6.04 Å². The molecule has 2 atom stereocenters. The zero-order valence-corrected chi connectivity index (χ0v) is 13.9. The summed E-state index contributed by atoms with van der Waals surface area (Å²) < 4.78 is 0. The van der Waals surface area contributed by atoms with Crippen LogP contribution in [0, 0.1) is 5.92 Å². The molecule has 0 spiro atoms. The highest BCUT2D eigenvalue weighted by molar-refractivity contribution is 7.09. The molecular formula is C18H26N2S. The summed E-state index contributed by atoms with van der Waals surface area (Å²) in [6, 6.07) is 10.6. The normalized spacial score (nSPS) is 14.0. The zero-order chi connectivity index (χ0) is 15.1. The van der Waals surface area contributed by atoms with Crippen molar-refractivity contribution in [2.24, 2.45) is 11.7 Å². The van der Waals surface area contributed by atoms with Crippen LogP contribution >= 0.6 is 11.3 Å². The summed E-state index contributed by atoms with van der Waals surface area (Å²) in [6.45, 7) is 4.49. The lowest BCUT2D eigenvalue weighted by Crippen LogP contribution is -2.32. The first-order valence-corrected chi connectivity index (χ1v) is 8.88. The molecule has 114 valence electrons. The fourth-order valence-corrected chi connectivity index (χ4v) is 3.58. The number of nitrogens with zero attached hydrogens (tertiary/aromatic N) is 1. The fraction of sp³-hybridized carbons (Fsp3) is 0.500. The van der Waals surface area contributed by atoms with E-state index in [1.54, 1.807) is 11.3 Å². The van der Waals surface area contributed by atoms with Crippen molar-refractivity contribution in [1.29, 1.82) is 0 Å². The summed E-state index contributed by atoms with van der Waals surface area (Å²) in [7, 11) is 0. The van der Waals surface area contributed by atoms with Gasteiger partial charge in [0.25, 0.3) is 0 Å². The molecule has 0 fully saturated rings.